The summed E-state index contributed by atoms with van der Waals surface area (Å²) in [5, 5.41) is 3.11. The molecule has 0 saturated heterocycles. The Morgan fingerprint density at radius 3 is 2.71 bits per heavy atom. The molecule has 3 heteroatoms. The van der Waals surface area contributed by atoms with Crippen LogP contribution in [-0.2, 0) is 0 Å². The molecule has 0 spiro atoms. The number of aromatic nitrogens is 1. The van der Waals surface area contributed by atoms with Gasteiger partial charge < -0.3 is 11.1 Å². The second-order valence-corrected chi connectivity index (χ2v) is 2.66. The third-order valence-corrected chi connectivity index (χ3v) is 1.59. The van der Waals surface area contributed by atoms with Gasteiger partial charge in [-0.15, -0.1) is 0 Å². The molecule has 0 aliphatic heterocycles. The quantitative estimate of drug-likeness (QED) is 0.711. The highest BCUT2D eigenvalue weighted by atomic mass is 14.9. The Kier molecular flexibility index (Phi) is 3.49. The second-order valence-electron chi connectivity index (χ2n) is 2.66. The molecule has 1 heterocycles. The number of rotatable bonds is 4. The van der Waals surface area contributed by atoms with Crippen LogP contribution in [0.2, 0.25) is 0 Å². The van der Waals surface area contributed by atoms with Crippen LogP contribution in [0.5, 0.6) is 0 Å². The van der Waals surface area contributed by atoms with Crippen LogP contribution in [0.3, 0.4) is 0 Å². The molecule has 0 fully saturated rings. The monoisotopic (exact) mass is 187 g/mol. The van der Waals surface area contributed by atoms with E-state index >= 15 is 0 Å². The summed E-state index contributed by atoms with van der Waals surface area (Å²) in [5.41, 5.74) is 7.19. The van der Waals surface area contributed by atoms with Gasteiger partial charge in [-0.2, -0.15) is 0 Å². The molecular formula is C11H13N3. The van der Waals surface area contributed by atoms with E-state index < -0.39 is 0 Å². The first kappa shape index (κ1) is 10.1. The van der Waals surface area contributed by atoms with Gasteiger partial charge >= 0.3 is 0 Å². The SMILES string of the molecule is C=C/C=C(\C=C)Nc1ccc(N)nc1. The summed E-state index contributed by atoms with van der Waals surface area (Å²) in [6.45, 7) is 7.27. The highest BCUT2D eigenvalue weighted by Gasteiger charge is 1.93. The Hall–Kier alpha value is -2.03. The molecular weight excluding hydrogens is 174 g/mol. The lowest BCUT2D eigenvalue weighted by molar-refractivity contribution is 1.32. The molecule has 0 unspecified atom stereocenters. The van der Waals surface area contributed by atoms with Crippen LogP contribution in [-0.4, -0.2) is 4.98 Å². The summed E-state index contributed by atoms with van der Waals surface area (Å²) in [6.07, 6.45) is 6.88. The van der Waals surface area contributed by atoms with E-state index in [9.17, 15) is 0 Å². The van der Waals surface area contributed by atoms with Gasteiger partial charge in [-0.05, 0) is 24.3 Å². The third-order valence-electron chi connectivity index (χ3n) is 1.59. The first-order valence-corrected chi connectivity index (χ1v) is 4.20. The molecule has 0 aliphatic rings. The average Bonchev–Trinajstić information content (AvgIpc) is 2.20. The fourth-order valence-electron chi connectivity index (χ4n) is 0.934. The number of nitrogens with two attached hydrogens (primary N) is 1. The highest BCUT2D eigenvalue weighted by Crippen LogP contribution is 2.10. The fraction of sp³-hybridized carbons (Fsp3) is 0. The molecule has 0 amide bonds. The van der Waals surface area contributed by atoms with Crippen molar-refractivity contribution in [1.82, 2.24) is 4.98 Å². The van der Waals surface area contributed by atoms with E-state index in [1.165, 1.54) is 0 Å². The van der Waals surface area contributed by atoms with Crippen molar-refractivity contribution < 1.29 is 0 Å². The molecule has 0 atom stereocenters. The van der Waals surface area contributed by atoms with Gasteiger partial charge in [0.25, 0.3) is 0 Å². The van der Waals surface area contributed by atoms with Crippen LogP contribution in [0.4, 0.5) is 11.5 Å². The van der Waals surface area contributed by atoms with Crippen LogP contribution >= 0.6 is 0 Å². The van der Waals surface area contributed by atoms with E-state index in [1.807, 2.05) is 12.1 Å². The Bertz CT molecular complexity index is 349. The minimum Gasteiger partial charge on any atom is -0.384 e. The second kappa shape index (κ2) is 4.87. The lowest BCUT2D eigenvalue weighted by atomic mass is 10.3. The molecule has 3 N–H and O–H groups in total. The molecule has 0 aromatic carbocycles. The number of anilines is 2. The molecule has 0 aliphatic carbocycles. The number of pyridine rings is 1. The van der Waals surface area contributed by atoms with Gasteiger partial charge in [0, 0.05) is 5.70 Å². The number of nitrogens with one attached hydrogen (secondary N) is 1. The largest absolute Gasteiger partial charge is 0.384 e. The Balaban J connectivity index is 2.77. The first-order valence-electron chi connectivity index (χ1n) is 4.20. The zero-order chi connectivity index (χ0) is 10.4. The van der Waals surface area contributed by atoms with Crippen molar-refractivity contribution in [2.45, 2.75) is 0 Å². The smallest absolute Gasteiger partial charge is 0.123 e. The van der Waals surface area contributed by atoms with Crippen LogP contribution in [0.1, 0.15) is 0 Å². The number of hydrogen-bond donors (Lipinski definition) is 2. The molecule has 3 nitrogen and oxygen atoms in total. The minimum absolute atomic E-state index is 0.503. The van der Waals surface area contributed by atoms with E-state index in [4.69, 9.17) is 5.73 Å². The van der Waals surface area contributed by atoms with Gasteiger partial charge in [-0.25, -0.2) is 4.98 Å². The number of nitrogens with zero attached hydrogens (tertiary/aromatic N) is 1. The Morgan fingerprint density at radius 2 is 2.21 bits per heavy atom. The summed E-state index contributed by atoms with van der Waals surface area (Å²) >= 11 is 0. The summed E-state index contributed by atoms with van der Waals surface area (Å²) in [7, 11) is 0. The predicted molar refractivity (Wildman–Crippen MR) is 60.7 cm³/mol. The van der Waals surface area contributed by atoms with Crippen LogP contribution in [0.15, 0.2) is 55.4 Å². The fourth-order valence-corrected chi connectivity index (χ4v) is 0.934. The molecule has 0 radical (unpaired) electrons. The van der Waals surface area contributed by atoms with Gasteiger partial charge in [0.2, 0.25) is 0 Å². The van der Waals surface area contributed by atoms with Gasteiger partial charge in [0.1, 0.15) is 5.82 Å². The van der Waals surface area contributed by atoms with E-state index in [1.54, 1.807) is 24.4 Å². The molecule has 14 heavy (non-hydrogen) atoms. The zero-order valence-electron chi connectivity index (χ0n) is 7.90. The summed E-state index contributed by atoms with van der Waals surface area (Å²) < 4.78 is 0. The lowest BCUT2D eigenvalue weighted by Crippen LogP contribution is -1.97. The van der Waals surface area contributed by atoms with Crippen molar-refractivity contribution >= 4 is 11.5 Å². The van der Waals surface area contributed by atoms with Crippen LogP contribution in [0.25, 0.3) is 0 Å². The van der Waals surface area contributed by atoms with Gasteiger partial charge in [-0.3, -0.25) is 0 Å². The molecule has 1 rings (SSSR count). The number of hydrogen-bond acceptors (Lipinski definition) is 3. The molecule has 1 aromatic rings. The topological polar surface area (TPSA) is 50.9 Å². The molecule has 1 aromatic heterocycles. The molecule has 0 bridgehead atoms. The first-order chi connectivity index (χ1) is 6.76. The standard InChI is InChI=1S/C11H13N3/c1-3-5-9(4-2)14-10-6-7-11(12)13-8-10/h3-8,14H,1-2H2,(H2,12,13)/b9-5+. The number of nitrogen functional groups attached to an aromatic ring is 1. The minimum atomic E-state index is 0.503. The number of allylic oxidation sites excluding steroid dienone is 3. The maximum absolute atomic E-state index is 5.46. The Morgan fingerprint density at radius 1 is 1.43 bits per heavy atom. The normalized spacial score (nSPS) is 10.7. The van der Waals surface area contributed by atoms with Crippen molar-refractivity contribution in [1.29, 1.82) is 0 Å². The third kappa shape index (κ3) is 2.79. The van der Waals surface area contributed by atoms with Crippen molar-refractivity contribution in [2.24, 2.45) is 0 Å². The van der Waals surface area contributed by atoms with Gasteiger partial charge in [-0.1, -0.05) is 19.2 Å². The van der Waals surface area contributed by atoms with E-state index in [2.05, 4.69) is 23.5 Å². The summed E-state index contributed by atoms with van der Waals surface area (Å²) in [6, 6.07) is 3.58. The van der Waals surface area contributed by atoms with Crippen molar-refractivity contribution in [2.75, 3.05) is 11.1 Å². The summed E-state index contributed by atoms with van der Waals surface area (Å²) in [4.78, 5) is 3.95. The van der Waals surface area contributed by atoms with Crippen molar-refractivity contribution in [3.05, 3.63) is 55.4 Å². The average molecular weight is 187 g/mol. The highest BCUT2D eigenvalue weighted by molar-refractivity contribution is 5.51. The lowest BCUT2D eigenvalue weighted by Gasteiger charge is -2.05. The van der Waals surface area contributed by atoms with Crippen LogP contribution < -0.4 is 11.1 Å². The molecule has 0 saturated carbocycles. The van der Waals surface area contributed by atoms with Crippen LogP contribution in [0, 0.1) is 0 Å². The van der Waals surface area contributed by atoms with Gasteiger partial charge in [0.05, 0.1) is 11.9 Å². The summed E-state index contributed by atoms with van der Waals surface area (Å²) in [5.74, 6) is 0.503. The predicted octanol–water partition coefficient (Wildman–Crippen LogP) is 2.33. The molecule has 72 valence electrons. The van der Waals surface area contributed by atoms with E-state index in [0.717, 1.165) is 11.4 Å². The van der Waals surface area contributed by atoms with E-state index in [0.29, 0.717) is 5.82 Å². The zero-order valence-corrected chi connectivity index (χ0v) is 7.90. The van der Waals surface area contributed by atoms with Gasteiger partial charge in [0.15, 0.2) is 0 Å². The van der Waals surface area contributed by atoms with Crippen molar-refractivity contribution in [3.63, 3.8) is 0 Å². The Labute approximate surface area is 83.7 Å². The maximum atomic E-state index is 5.46. The van der Waals surface area contributed by atoms with Crippen molar-refractivity contribution in [3.8, 4) is 0 Å². The van der Waals surface area contributed by atoms with E-state index in [-0.39, 0.29) is 0 Å². The maximum Gasteiger partial charge on any atom is 0.123 e.